The fraction of sp³-hybridized carbons (Fsp3) is 0.909. The highest BCUT2D eigenvalue weighted by molar-refractivity contribution is 5.75. The lowest BCUT2D eigenvalue weighted by atomic mass is 10.0. The van der Waals surface area contributed by atoms with Crippen molar-refractivity contribution in [3.63, 3.8) is 0 Å². The number of ether oxygens (including phenoxy) is 1. The highest BCUT2D eigenvalue weighted by Gasteiger charge is 2.32. The van der Waals surface area contributed by atoms with E-state index in [0.717, 1.165) is 5.92 Å². The van der Waals surface area contributed by atoms with Crippen molar-refractivity contribution in [3.05, 3.63) is 0 Å². The van der Waals surface area contributed by atoms with Gasteiger partial charge in [-0.3, -0.25) is 4.79 Å². The summed E-state index contributed by atoms with van der Waals surface area (Å²) in [5, 5.41) is 3.35. The summed E-state index contributed by atoms with van der Waals surface area (Å²) >= 11 is 0. The Balaban J connectivity index is 2.45. The van der Waals surface area contributed by atoms with E-state index < -0.39 is 0 Å². The number of carbonyl (C=O) groups excluding carboxylic acids is 1. The average Bonchev–Trinajstić information content (AvgIpc) is 2.95. The van der Waals surface area contributed by atoms with Crippen LogP contribution in [0.4, 0.5) is 0 Å². The molecule has 0 radical (unpaired) electrons. The van der Waals surface area contributed by atoms with Crippen molar-refractivity contribution in [3.8, 4) is 0 Å². The number of hydrogen-bond acceptors (Lipinski definition) is 3. The van der Waals surface area contributed by atoms with E-state index in [1.807, 2.05) is 13.8 Å². The van der Waals surface area contributed by atoms with E-state index in [2.05, 4.69) is 12.2 Å². The molecule has 0 aromatic carbocycles. The Morgan fingerprint density at radius 2 is 1.93 bits per heavy atom. The van der Waals surface area contributed by atoms with Gasteiger partial charge in [-0.1, -0.05) is 13.8 Å². The first-order valence-electron chi connectivity index (χ1n) is 5.40. The summed E-state index contributed by atoms with van der Waals surface area (Å²) in [6, 6.07) is 0.275. The van der Waals surface area contributed by atoms with E-state index in [9.17, 15) is 4.79 Å². The zero-order valence-electron chi connectivity index (χ0n) is 9.54. The van der Waals surface area contributed by atoms with Gasteiger partial charge in [-0.25, -0.2) is 0 Å². The summed E-state index contributed by atoms with van der Waals surface area (Å²) < 4.78 is 4.77. The molecule has 1 fully saturated rings. The van der Waals surface area contributed by atoms with Crippen LogP contribution in [-0.2, 0) is 9.53 Å². The smallest absolute Gasteiger partial charge is 0.323 e. The van der Waals surface area contributed by atoms with Crippen LogP contribution >= 0.6 is 0 Å². The molecule has 0 heterocycles. The molecule has 3 heteroatoms. The van der Waals surface area contributed by atoms with Crippen molar-refractivity contribution < 1.29 is 9.53 Å². The van der Waals surface area contributed by atoms with E-state index >= 15 is 0 Å². The molecule has 1 unspecified atom stereocenters. The van der Waals surface area contributed by atoms with Gasteiger partial charge >= 0.3 is 5.97 Å². The van der Waals surface area contributed by atoms with Crippen LogP contribution < -0.4 is 5.32 Å². The summed E-state index contributed by atoms with van der Waals surface area (Å²) in [5.41, 5.74) is 0. The monoisotopic (exact) mass is 199 g/mol. The zero-order valence-corrected chi connectivity index (χ0v) is 9.54. The topological polar surface area (TPSA) is 38.3 Å². The Morgan fingerprint density at radius 1 is 1.36 bits per heavy atom. The molecule has 0 saturated heterocycles. The Kier molecular flexibility index (Phi) is 3.93. The average molecular weight is 199 g/mol. The summed E-state index contributed by atoms with van der Waals surface area (Å²) in [6.45, 7) is 6.22. The Labute approximate surface area is 86.2 Å². The van der Waals surface area contributed by atoms with Crippen molar-refractivity contribution >= 4 is 5.97 Å². The van der Waals surface area contributed by atoms with Crippen LogP contribution in [0.2, 0.25) is 0 Å². The number of methoxy groups -OCH3 is 1. The van der Waals surface area contributed by atoms with Crippen LogP contribution in [0.3, 0.4) is 0 Å². The molecule has 1 saturated carbocycles. The first-order chi connectivity index (χ1) is 6.56. The fourth-order valence-corrected chi connectivity index (χ4v) is 1.68. The third-order valence-electron chi connectivity index (χ3n) is 2.89. The molecule has 1 aliphatic rings. The minimum absolute atomic E-state index is 0.146. The second kappa shape index (κ2) is 4.78. The van der Waals surface area contributed by atoms with E-state index in [1.54, 1.807) is 0 Å². The maximum atomic E-state index is 11.4. The largest absolute Gasteiger partial charge is 0.468 e. The number of hydrogen-bond donors (Lipinski definition) is 1. The molecule has 14 heavy (non-hydrogen) atoms. The molecule has 0 aromatic heterocycles. The van der Waals surface area contributed by atoms with Crippen molar-refractivity contribution in [2.75, 3.05) is 7.11 Å². The van der Waals surface area contributed by atoms with Crippen LogP contribution in [-0.4, -0.2) is 25.2 Å². The molecule has 2 atom stereocenters. The summed E-state index contributed by atoms with van der Waals surface area (Å²) in [4.78, 5) is 11.4. The second-order valence-electron chi connectivity index (χ2n) is 4.54. The highest BCUT2D eigenvalue weighted by Crippen LogP contribution is 2.32. The number of nitrogens with one attached hydrogen (secondary N) is 1. The number of rotatable bonds is 5. The molecule has 0 amide bonds. The van der Waals surface area contributed by atoms with Crippen LogP contribution in [0.5, 0.6) is 0 Å². The van der Waals surface area contributed by atoms with E-state index in [4.69, 9.17) is 4.74 Å². The Hall–Kier alpha value is -0.570. The minimum atomic E-state index is -0.157. The van der Waals surface area contributed by atoms with Gasteiger partial charge < -0.3 is 10.1 Å². The molecule has 3 nitrogen and oxygen atoms in total. The van der Waals surface area contributed by atoms with Crippen molar-refractivity contribution in [1.29, 1.82) is 0 Å². The summed E-state index contributed by atoms with van der Waals surface area (Å²) in [5.74, 6) is 0.900. The van der Waals surface area contributed by atoms with Gasteiger partial charge in [0.15, 0.2) is 0 Å². The Morgan fingerprint density at radius 3 is 2.29 bits per heavy atom. The standard InChI is InChI=1S/C11H21NO2/c1-7(2)10(11(13)14-4)12-8(3)9-5-6-9/h7-10,12H,5-6H2,1-4H3/t8?,10-/m0/s1. The lowest BCUT2D eigenvalue weighted by Crippen LogP contribution is -2.46. The molecular formula is C11H21NO2. The fourth-order valence-electron chi connectivity index (χ4n) is 1.68. The minimum Gasteiger partial charge on any atom is -0.468 e. The van der Waals surface area contributed by atoms with Crippen LogP contribution in [0.25, 0.3) is 0 Å². The van der Waals surface area contributed by atoms with Gasteiger partial charge in [0, 0.05) is 6.04 Å². The number of carbonyl (C=O) groups is 1. The molecule has 1 rings (SSSR count). The van der Waals surface area contributed by atoms with Gasteiger partial charge in [0.2, 0.25) is 0 Å². The van der Waals surface area contributed by atoms with Gasteiger partial charge in [-0.15, -0.1) is 0 Å². The van der Waals surface area contributed by atoms with Crippen molar-refractivity contribution in [2.45, 2.75) is 45.7 Å². The van der Waals surface area contributed by atoms with Crippen LogP contribution in [0, 0.1) is 11.8 Å². The first kappa shape index (κ1) is 11.5. The quantitative estimate of drug-likeness (QED) is 0.683. The Bertz CT molecular complexity index is 199. The van der Waals surface area contributed by atoms with E-state index in [0.29, 0.717) is 6.04 Å². The number of esters is 1. The normalized spacial score (nSPS) is 20.6. The molecule has 0 spiro atoms. The van der Waals surface area contributed by atoms with Gasteiger partial charge in [0.25, 0.3) is 0 Å². The second-order valence-corrected chi connectivity index (χ2v) is 4.54. The first-order valence-corrected chi connectivity index (χ1v) is 5.40. The van der Waals surface area contributed by atoms with Crippen molar-refractivity contribution in [2.24, 2.45) is 11.8 Å². The molecule has 1 N–H and O–H groups in total. The van der Waals surface area contributed by atoms with Gasteiger partial charge in [-0.05, 0) is 31.6 Å². The lowest BCUT2D eigenvalue weighted by molar-refractivity contribution is -0.144. The molecular weight excluding hydrogens is 178 g/mol. The van der Waals surface area contributed by atoms with Crippen LogP contribution in [0.15, 0.2) is 0 Å². The van der Waals surface area contributed by atoms with Gasteiger partial charge in [0.05, 0.1) is 7.11 Å². The summed E-state index contributed by atoms with van der Waals surface area (Å²) in [6.07, 6.45) is 2.58. The van der Waals surface area contributed by atoms with Gasteiger partial charge in [0.1, 0.15) is 6.04 Å². The maximum Gasteiger partial charge on any atom is 0.323 e. The van der Waals surface area contributed by atoms with Gasteiger partial charge in [-0.2, -0.15) is 0 Å². The van der Waals surface area contributed by atoms with Crippen molar-refractivity contribution in [1.82, 2.24) is 5.32 Å². The third-order valence-corrected chi connectivity index (χ3v) is 2.89. The van der Waals surface area contributed by atoms with E-state index in [-0.39, 0.29) is 17.9 Å². The molecule has 0 aromatic rings. The molecule has 0 aliphatic heterocycles. The zero-order chi connectivity index (χ0) is 10.7. The molecule has 82 valence electrons. The highest BCUT2D eigenvalue weighted by atomic mass is 16.5. The maximum absolute atomic E-state index is 11.4. The predicted octanol–water partition coefficient (Wildman–Crippen LogP) is 1.57. The molecule has 1 aliphatic carbocycles. The predicted molar refractivity (Wildman–Crippen MR) is 56.0 cm³/mol. The third kappa shape index (κ3) is 2.98. The van der Waals surface area contributed by atoms with Crippen LogP contribution in [0.1, 0.15) is 33.6 Å². The SMILES string of the molecule is COC(=O)[C@@H](NC(C)C1CC1)C(C)C. The molecule has 0 bridgehead atoms. The lowest BCUT2D eigenvalue weighted by Gasteiger charge is -2.24. The van der Waals surface area contributed by atoms with E-state index in [1.165, 1.54) is 20.0 Å². The summed E-state index contributed by atoms with van der Waals surface area (Å²) in [7, 11) is 1.45.